The number of carboxylic acids is 2. The van der Waals surface area contributed by atoms with E-state index in [0.717, 1.165) is 149 Å². The minimum Gasteiger partial charge on any atom is -0.497 e. The number of carbonyl (C=O) groups is 4. The number of benzene rings is 1. The number of hydrogen-bond acceptors (Lipinski definition) is 20. The Bertz CT molecular complexity index is 5960. The van der Waals surface area contributed by atoms with Gasteiger partial charge in [0.2, 0.25) is 0 Å². The molecule has 24 nitrogen and oxygen atoms in total. The number of aliphatic carboxylic acids is 2. The van der Waals surface area contributed by atoms with Gasteiger partial charge in [0.1, 0.15) is 12.4 Å². The average Bonchev–Trinajstić information content (AvgIpc) is 0.842. The summed E-state index contributed by atoms with van der Waals surface area (Å²) in [4.78, 5) is 66.9. The second-order valence-corrected chi connectivity index (χ2v) is 53.7. The number of nitrogens with two attached hydrogens (primary N) is 1. The van der Waals surface area contributed by atoms with Crippen LogP contribution >= 0.6 is 0 Å². The molecule has 0 spiro atoms. The van der Waals surface area contributed by atoms with Gasteiger partial charge in [0.05, 0.1) is 106 Å². The number of methoxy groups -OCH3 is 1. The number of aliphatic hydroxyl groups excluding tert-OH is 3. The Kier molecular flexibility index (Phi) is 29.3. The Hall–Kier alpha value is -8.59. The number of hydrazine groups is 1. The van der Waals surface area contributed by atoms with Gasteiger partial charge in [0.25, 0.3) is 0 Å². The summed E-state index contributed by atoms with van der Waals surface area (Å²) >= 11 is 0. The molecular formula is C124H176N10O14. The highest BCUT2D eigenvalue weighted by Crippen LogP contribution is 2.81. The molecule has 8 heterocycles. The smallest absolute Gasteiger partial charge is 0.310 e. The number of pyridine rings is 3. The lowest BCUT2D eigenvalue weighted by Gasteiger charge is -2.71. The second kappa shape index (κ2) is 39.7. The summed E-state index contributed by atoms with van der Waals surface area (Å²) in [6.45, 7) is 52.4. The Labute approximate surface area is 881 Å². The molecule has 3 aliphatic heterocycles. The number of aliphatic hydroxyl groups is 3. The maximum atomic E-state index is 14.9. The first-order valence-corrected chi connectivity index (χ1v) is 56.2. The van der Waals surface area contributed by atoms with Crippen molar-refractivity contribution in [2.24, 2.45) is 176 Å². The fraction of sp³-hybridized carbons (Fsp3) is 0.685. The van der Waals surface area contributed by atoms with Gasteiger partial charge in [-0.1, -0.05) is 192 Å². The van der Waals surface area contributed by atoms with Crippen molar-refractivity contribution in [3.8, 4) is 28.3 Å². The molecule has 0 radical (unpaired) electrons. The van der Waals surface area contributed by atoms with Gasteiger partial charge < -0.3 is 54.1 Å². The van der Waals surface area contributed by atoms with Crippen LogP contribution in [0.15, 0.2) is 170 Å². The third-order valence-electron chi connectivity index (χ3n) is 46.6. The van der Waals surface area contributed by atoms with E-state index in [1.807, 2.05) is 98.4 Å². The highest BCUT2D eigenvalue weighted by atomic mass is 16.5. The number of fused-ring (bicyclic) bond motifs is 9. The number of nitrogens with zero attached hydrogens (tertiary/aromatic N) is 8. The first kappa shape index (κ1) is 109. The van der Waals surface area contributed by atoms with Crippen molar-refractivity contribution < 1.29 is 68.4 Å². The summed E-state index contributed by atoms with van der Waals surface area (Å²) in [5, 5.41) is 67.4. The molecule has 15 aliphatic rings. The first-order valence-electron chi connectivity index (χ1n) is 56.2. The predicted octanol–water partition coefficient (Wildman–Crippen LogP) is 22.6. The van der Waals surface area contributed by atoms with E-state index in [1.165, 1.54) is 22.8 Å². The third-order valence-corrected chi connectivity index (χ3v) is 46.6. The first-order chi connectivity index (χ1) is 69.9. The lowest BCUT2D eigenvalue weighted by Crippen LogP contribution is -2.71. The number of carboxylic acid groups (broad SMARTS) is 2. The van der Waals surface area contributed by atoms with Crippen LogP contribution < -0.4 is 16.0 Å². The maximum absolute atomic E-state index is 14.9. The molecule has 148 heavy (non-hydrogen) atoms. The fourth-order valence-electron chi connectivity index (χ4n) is 36.9. The van der Waals surface area contributed by atoms with Crippen LogP contribution in [0.25, 0.3) is 22.5 Å². The number of ether oxygens (including phenoxy) is 5. The van der Waals surface area contributed by atoms with Crippen LogP contribution in [0, 0.1) is 170 Å². The Balaban J connectivity index is 0.000000139. The minimum atomic E-state index is -0.626. The van der Waals surface area contributed by atoms with Crippen LogP contribution in [0.4, 0.5) is 0 Å². The summed E-state index contributed by atoms with van der Waals surface area (Å²) in [5.41, 5.74) is 9.43. The number of hydrogen-bond donors (Lipinski definition) is 7. The lowest BCUT2D eigenvalue weighted by atomic mass is 9.34. The molecule has 0 amide bonds. The summed E-state index contributed by atoms with van der Waals surface area (Å²) in [5.74, 6) is 8.65. The molecule has 0 unspecified atom stereocenters. The quantitative estimate of drug-likeness (QED) is 0.00932. The highest BCUT2D eigenvalue weighted by Gasteiger charge is 2.77. The Morgan fingerprint density at radius 2 is 0.804 bits per heavy atom. The largest absolute Gasteiger partial charge is 0.497 e. The van der Waals surface area contributed by atoms with E-state index in [-0.39, 0.29) is 119 Å². The van der Waals surface area contributed by atoms with Gasteiger partial charge in [-0.15, -0.1) is 0 Å². The number of rotatable bonds is 20. The van der Waals surface area contributed by atoms with E-state index in [0.29, 0.717) is 116 Å². The average molecular weight is 2030 g/mol. The van der Waals surface area contributed by atoms with Gasteiger partial charge in [-0.3, -0.25) is 54.8 Å². The lowest BCUT2D eigenvalue weighted by molar-refractivity contribution is -0.241. The molecular weight excluding hydrogens is 1850 g/mol. The zero-order valence-electron chi connectivity index (χ0n) is 93.3. The number of allylic oxidation sites excluding steroid dienone is 4. The van der Waals surface area contributed by atoms with E-state index < -0.39 is 47.0 Å². The van der Waals surface area contributed by atoms with Crippen molar-refractivity contribution in [3.05, 3.63) is 181 Å². The molecule has 12 fully saturated rings. The summed E-state index contributed by atoms with van der Waals surface area (Å²) in [7, 11) is 5.41. The zero-order valence-corrected chi connectivity index (χ0v) is 93.3. The molecule has 1 aromatic carbocycles. The number of nitrogens with one attached hydrogen (secondary N) is 1. The molecule has 24 heteroatoms. The fourth-order valence-corrected chi connectivity index (χ4v) is 36.9. The van der Waals surface area contributed by atoms with Gasteiger partial charge in [0, 0.05) is 131 Å². The summed E-state index contributed by atoms with van der Waals surface area (Å²) in [6.07, 6.45) is 40.3. The van der Waals surface area contributed by atoms with E-state index in [9.17, 15) is 44.7 Å². The molecule has 8 N–H and O–H groups in total. The van der Waals surface area contributed by atoms with Crippen LogP contribution in [0.1, 0.15) is 289 Å². The number of carbonyl (C=O) groups excluding carboxylic acids is 2. The summed E-state index contributed by atoms with van der Waals surface area (Å²) in [6, 6.07) is 22.8. The number of ketones is 1. The van der Waals surface area contributed by atoms with Crippen molar-refractivity contribution in [3.63, 3.8) is 0 Å². The normalized spacial score (nSPS) is 41.7. The molecule has 5 aromatic heterocycles. The topological polar surface area (TPSA) is 331 Å². The monoisotopic (exact) mass is 2030 g/mol. The van der Waals surface area contributed by atoms with Crippen LogP contribution in [-0.4, -0.2) is 174 Å². The third kappa shape index (κ3) is 16.7. The minimum absolute atomic E-state index is 0.00361. The molecule has 806 valence electrons. The van der Waals surface area contributed by atoms with Crippen LogP contribution in [-0.2, 0) is 39.9 Å². The van der Waals surface area contributed by atoms with Gasteiger partial charge in [0.15, 0.2) is 5.78 Å². The molecule has 9 saturated carbocycles. The van der Waals surface area contributed by atoms with Crippen molar-refractivity contribution in [2.75, 3.05) is 60.8 Å². The molecule has 6 aromatic rings. The van der Waals surface area contributed by atoms with Crippen LogP contribution in [0.2, 0.25) is 0 Å². The highest BCUT2D eigenvalue weighted by molar-refractivity contribution is 6.04. The molecule has 33 atom stereocenters. The van der Waals surface area contributed by atoms with Gasteiger partial charge >= 0.3 is 17.9 Å². The van der Waals surface area contributed by atoms with E-state index in [4.69, 9.17) is 39.7 Å². The van der Waals surface area contributed by atoms with E-state index in [2.05, 4.69) is 199 Å². The molecule has 12 aliphatic carbocycles. The molecule has 3 saturated heterocycles. The zero-order chi connectivity index (χ0) is 107. The molecule has 21 rings (SSSR count). The van der Waals surface area contributed by atoms with Crippen molar-refractivity contribution >= 4 is 23.7 Å². The Morgan fingerprint density at radius 3 is 1.16 bits per heavy atom. The number of aromatic nitrogens is 7. The number of esters is 1. The second-order valence-electron chi connectivity index (χ2n) is 53.7. The van der Waals surface area contributed by atoms with Crippen molar-refractivity contribution in [1.29, 1.82) is 0 Å². The maximum Gasteiger partial charge on any atom is 0.310 e. The van der Waals surface area contributed by atoms with E-state index in [1.54, 1.807) is 50.2 Å². The Morgan fingerprint density at radius 1 is 0.453 bits per heavy atom. The van der Waals surface area contributed by atoms with Crippen LogP contribution in [0.5, 0.6) is 5.75 Å². The summed E-state index contributed by atoms with van der Waals surface area (Å²) < 4.78 is 35.3. The SMILES string of the molecule is CC(C)[C@@H](C)[C@@]1(C)CC[C@]2(C)[C@H]3CC[C@@H]4[C@@]5(COC[C@@]4(C)[C@@H](O)[C@H](NN)C5)C3=CC[C@@]2(C)[C@@H]1C(=O)O.CC(C)[C@@H](C)[C@@]1(C)CC[C@]2(C)[C@H]3CC[C@@H]4[C@@]5(COC[C@@]4(C)[C@@H](O)[C@H](n4nccc4-c4ccncc4)C5)C3=CC[C@@]2(C)[C@@H]1C(=O)O.CN(C)/C=C/C(=O)c1ccncc1.COc1ccc(COC(=O)[C@@H]2[C@@](C)([C@H](C)C(C)C)CC[C@]3(C)[C@H]4CC[C@@H]5[C@@]6(COC[C@@]5(C)[C@@H](O)[C@H](n5nccc5-c5ccncc5)C6)C4=CC[C@@]23C)cc1. The van der Waals surface area contributed by atoms with Crippen molar-refractivity contribution in [1.82, 2.24) is 44.8 Å². The van der Waals surface area contributed by atoms with Gasteiger partial charge in [-0.2, -0.15) is 10.2 Å². The van der Waals surface area contributed by atoms with Gasteiger partial charge in [-0.25, -0.2) is 0 Å². The van der Waals surface area contributed by atoms with Crippen molar-refractivity contribution in [2.45, 2.75) is 304 Å². The van der Waals surface area contributed by atoms with E-state index >= 15 is 0 Å². The van der Waals surface area contributed by atoms with Gasteiger partial charge in [-0.05, 0) is 302 Å². The standard InChI is InChI=1S/C46H61N3O5.C38H53N3O4.C30H50N2O4.C10H12N2O/c1-29(2)30(3)42(4)20-21-44(6)34-13-14-38-43(5)27-53-28-46(38,25-37(40(43)50)49-36(18-24-48-49)32-16-22-47-23-17-32)35(34)15-19-45(44,7)39(42)41(51)54-26-31-9-11-33(52-8)12-10-31;1-23(2)24(3)34(4)15-16-36(6)26-8-9-30-35(5)21-45-22-38(30,27(26)10-14-37(36,7)31(34)33(43)44)20-29(32(35)42)41-28(13-19-40-41)25-11-17-39-18-12-25;1-17(2)18(3)26(4)12-13-28(6)19-8-9-22-27(5)15-36-16-30(22,14-21(32-31)24(27)33)20(19)10-11-29(28,7)23(26)25(34)35;1-12(2)8-5-10(13)9-3-6-11-7-4-9/h9-12,15-18,22-24,29-30,34,37-40,50H,13-14,19-21,25-28H2,1-8H3;10-13,17-19,23-24,26,29-32,42H,8-9,14-16,20-22H2,1-7H3,(H,43,44);10,17-19,21-24,32-33H,8-9,11-16,31H2,1-7H3,(H,34,35);3-8H,1-2H3/b;;;8-5+/t30-,34+,37-,38+,39-,40+,42-,43-,44-,45+,46+;24-,26+,29-,30+,31-,32+,34-,35-,36-,37+,38+;18-,19+,21-,22+,23-,24+,26-,27-,28-,29+,30+;/m111./s1. The predicted molar refractivity (Wildman–Crippen MR) is 575 cm³/mol. The van der Waals surface area contributed by atoms with Crippen LogP contribution in [0.3, 0.4) is 0 Å². The molecule has 6 bridgehead atoms.